The van der Waals surface area contributed by atoms with E-state index in [1.165, 1.54) is 23.9 Å². The number of thioether (sulfide) groups is 1. The molecule has 0 unspecified atom stereocenters. The molecule has 4 aromatic carbocycles. The van der Waals surface area contributed by atoms with Crippen molar-refractivity contribution in [1.29, 1.82) is 0 Å². The third-order valence-corrected chi connectivity index (χ3v) is 9.71. The molecule has 51 heavy (non-hydrogen) atoms. The van der Waals surface area contributed by atoms with E-state index in [4.69, 9.17) is 62.1 Å². The summed E-state index contributed by atoms with van der Waals surface area (Å²) in [5, 5.41) is 0. The van der Waals surface area contributed by atoms with Gasteiger partial charge >= 0.3 is 22.3 Å². The van der Waals surface area contributed by atoms with E-state index in [1.54, 1.807) is 48.5 Å². The number of carbonyl (C=O) groups excluding carboxylic acids is 2. The fourth-order valence-electron chi connectivity index (χ4n) is 4.94. The smallest absolute Gasteiger partial charge is 0.400 e. The van der Waals surface area contributed by atoms with E-state index < -0.39 is 62.6 Å². The Hall–Kier alpha value is -3.17. The first-order chi connectivity index (χ1) is 24.4. The Morgan fingerprint density at radius 3 is 1.82 bits per heavy atom. The number of aryl methyl sites for hydroxylation is 1. The number of rotatable bonds is 14. The van der Waals surface area contributed by atoms with Crippen molar-refractivity contribution in [3.63, 3.8) is 0 Å². The molecular formula is C36H33Cl3O10S2. The predicted octanol–water partition coefficient (Wildman–Crippen LogP) is 7.50. The standard InChI is InChI=1S/C36H33Cl3O10S2/c1-24-17-19-28(20-18-24)50-35-32(48-34(41)27-15-9-4-10-16-27)31(47-33(40)26-13-7-3-8-14-26)30(49-51(42,43)45-23-36(37,38)39)29(46-35)22-44-21-25-11-5-2-6-12-25/h2-20,29-32,35H,21-23H2,1H3/t29-,30-,31+,32-,35+/m1/s1. The number of hydrogen-bond donors (Lipinski definition) is 0. The van der Waals surface area contributed by atoms with Crippen LogP contribution in [0.4, 0.5) is 0 Å². The molecule has 1 fully saturated rings. The number of ether oxygens (including phenoxy) is 4. The van der Waals surface area contributed by atoms with Crippen LogP contribution in [0.1, 0.15) is 31.8 Å². The van der Waals surface area contributed by atoms with Crippen LogP contribution in [0.15, 0.2) is 120 Å². The van der Waals surface area contributed by atoms with Crippen LogP contribution >= 0.6 is 46.6 Å². The van der Waals surface area contributed by atoms with Crippen LogP contribution in [0.2, 0.25) is 0 Å². The Morgan fingerprint density at radius 2 is 1.27 bits per heavy atom. The van der Waals surface area contributed by atoms with E-state index in [9.17, 15) is 18.0 Å². The number of alkyl halides is 3. The molecule has 0 radical (unpaired) electrons. The number of carbonyl (C=O) groups is 2. The van der Waals surface area contributed by atoms with Gasteiger partial charge in [0, 0.05) is 4.90 Å². The summed E-state index contributed by atoms with van der Waals surface area (Å²) < 4.78 is 59.4. The Labute approximate surface area is 315 Å². The molecule has 0 spiro atoms. The third-order valence-electron chi connectivity index (χ3n) is 7.36. The number of hydrogen-bond acceptors (Lipinski definition) is 11. The minimum Gasteiger partial charge on any atom is -0.452 e. The number of benzene rings is 4. The van der Waals surface area contributed by atoms with Gasteiger partial charge < -0.3 is 18.9 Å². The molecule has 4 aromatic rings. The molecule has 0 amide bonds. The maximum absolute atomic E-state index is 13.7. The molecule has 5 rings (SSSR count). The summed E-state index contributed by atoms with van der Waals surface area (Å²) in [6, 6.07) is 32.9. The maximum atomic E-state index is 13.7. The SMILES string of the molecule is Cc1ccc(S[C@@H]2O[C@H](COCc3ccccc3)[C@@H](OS(=O)(=O)OCC(Cl)(Cl)Cl)[C@H](OC(=O)c3ccccc3)[C@H]2OC(=O)c2ccccc2)cc1. The Kier molecular flexibility index (Phi) is 13.8. The van der Waals surface area contributed by atoms with Crippen molar-refractivity contribution in [3.05, 3.63) is 138 Å². The second-order valence-corrected chi connectivity index (χ2v) is 16.2. The van der Waals surface area contributed by atoms with Crippen LogP contribution in [0.3, 0.4) is 0 Å². The van der Waals surface area contributed by atoms with Gasteiger partial charge in [-0.2, -0.15) is 8.42 Å². The van der Waals surface area contributed by atoms with Gasteiger partial charge in [-0.25, -0.2) is 18.0 Å². The van der Waals surface area contributed by atoms with Gasteiger partial charge in [0.2, 0.25) is 3.79 Å². The van der Waals surface area contributed by atoms with Gasteiger partial charge in [-0.05, 0) is 48.9 Å². The molecule has 1 aliphatic rings. The lowest BCUT2D eigenvalue weighted by molar-refractivity contribution is -0.204. The summed E-state index contributed by atoms with van der Waals surface area (Å²) >= 11 is 18.5. The van der Waals surface area contributed by atoms with E-state index in [0.29, 0.717) is 0 Å². The normalized spacial score (nSPS) is 20.7. The van der Waals surface area contributed by atoms with Crippen molar-refractivity contribution < 1.29 is 45.3 Å². The summed E-state index contributed by atoms with van der Waals surface area (Å²) in [5.41, 5.74) is 1.10. The Balaban J connectivity index is 1.56. The molecule has 15 heteroatoms. The topological polar surface area (TPSA) is 124 Å². The van der Waals surface area contributed by atoms with Crippen LogP contribution in [0, 0.1) is 6.92 Å². The van der Waals surface area contributed by atoms with Crippen molar-refractivity contribution in [2.75, 3.05) is 13.2 Å². The Morgan fingerprint density at radius 1 is 0.745 bits per heavy atom. The summed E-state index contributed by atoms with van der Waals surface area (Å²) in [7, 11) is -4.97. The van der Waals surface area contributed by atoms with Gasteiger partial charge in [0.25, 0.3) is 0 Å². The minimum atomic E-state index is -4.97. The summed E-state index contributed by atoms with van der Waals surface area (Å²) in [6.45, 7) is 0.918. The maximum Gasteiger partial charge on any atom is 0.400 e. The molecule has 270 valence electrons. The molecule has 10 nitrogen and oxygen atoms in total. The second kappa shape index (κ2) is 18.0. The van der Waals surface area contributed by atoms with E-state index in [-0.39, 0.29) is 24.3 Å². The zero-order chi connectivity index (χ0) is 36.4. The quantitative estimate of drug-likeness (QED) is 0.0932. The molecule has 1 aliphatic heterocycles. The predicted molar refractivity (Wildman–Crippen MR) is 193 cm³/mol. The Bertz CT molecular complexity index is 1830. The van der Waals surface area contributed by atoms with Crippen LogP contribution in [-0.2, 0) is 44.3 Å². The first kappa shape index (κ1) is 39.0. The first-order valence-corrected chi connectivity index (χ1v) is 18.9. The minimum absolute atomic E-state index is 0.126. The van der Waals surface area contributed by atoms with E-state index in [0.717, 1.165) is 16.0 Å². The van der Waals surface area contributed by atoms with Crippen LogP contribution < -0.4 is 0 Å². The molecule has 0 aromatic heterocycles. The highest BCUT2D eigenvalue weighted by molar-refractivity contribution is 7.99. The van der Waals surface area contributed by atoms with E-state index >= 15 is 0 Å². The average Bonchev–Trinajstić information content (AvgIpc) is 3.12. The second-order valence-electron chi connectivity index (χ2n) is 11.3. The molecule has 0 N–H and O–H groups in total. The number of halogens is 3. The molecule has 1 saturated heterocycles. The lowest BCUT2D eigenvalue weighted by Crippen LogP contribution is -2.61. The van der Waals surface area contributed by atoms with Crippen LogP contribution in [0.25, 0.3) is 0 Å². The fourth-order valence-corrected chi connectivity index (χ4v) is 7.28. The molecule has 5 atom stereocenters. The largest absolute Gasteiger partial charge is 0.452 e. The first-order valence-electron chi connectivity index (χ1n) is 15.5. The molecule has 0 bridgehead atoms. The molecule has 0 saturated carbocycles. The zero-order valence-electron chi connectivity index (χ0n) is 27.0. The zero-order valence-corrected chi connectivity index (χ0v) is 30.9. The van der Waals surface area contributed by atoms with Crippen molar-refractivity contribution in [3.8, 4) is 0 Å². The monoisotopic (exact) mass is 794 g/mol. The van der Waals surface area contributed by atoms with E-state index in [2.05, 4.69) is 0 Å². The summed E-state index contributed by atoms with van der Waals surface area (Å²) in [4.78, 5) is 28.0. The van der Waals surface area contributed by atoms with Crippen LogP contribution in [-0.4, -0.2) is 67.2 Å². The van der Waals surface area contributed by atoms with Gasteiger partial charge in [0.1, 0.15) is 24.3 Å². The highest BCUT2D eigenvalue weighted by atomic mass is 35.6. The summed E-state index contributed by atoms with van der Waals surface area (Å²) in [6.07, 6.45) is -5.95. The molecular weight excluding hydrogens is 763 g/mol. The van der Waals surface area contributed by atoms with Gasteiger partial charge in [-0.1, -0.05) is 131 Å². The molecule has 0 aliphatic carbocycles. The van der Waals surface area contributed by atoms with Crippen LogP contribution in [0.5, 0.6) is 0 Å². The lowest BCUT2D eigenvalue weighted by Gasteiger charge is -2.44. The van der Waals surface area contributed by atoms with Gasteiger partial charge in [0.15, 0.2) is 12.2 Å². The highest BCUT2D eigenvalue weighted by Gasteiger charge is 2.53. The van der Waals surface area contributed by atoms with Gasteiger partial charge in [-0.3, -0.25) is 0 Å². The van der Waals surface area contributed by atoms with Gasteiger partial charge in [0.05, 0.1) is 24.3 Å². The van der Waals surface area contributed by atoms with Crippen molar-refractivity contribution in [1.82, 2.24) is 0 Å². The van der Waals surface area contributed by atoms with Crippen molar-refractivity contribution in [2.45, 2.75) is 52.1 Å². The van der Waals surface area contributed by atoms with Crippen molar-refractivity contribution in [2.24, 2.45) is 0 Å². The number of esters is 2. The lowest BCUT2D eigenvalue weighted by atomic mass is 9.99. The van der Waals surface area contributed by atoms with E-state index in [1.807, 2.05) is 61.5 Å². The third kappa shape index (κ3) is 11.9. The van der Waals surface area contributed by atoms with Gasteiger partial charge in [-0.15, -0.1) is 0 Å². The summed E-state index contributed by atoms with van der Waals surface area (Å²) in [5.74, 6) is -1.63. The molecule has 1 heterocycles. The fraction of sp³-hybridized carbons (Fsp3) is 0.278. The average molecular weight is 796 g/mol. The highest BCUT2D eigenvalue weighted by Crippen LogP contribution is 2.39. The van der Waals surface area contributed by atoms with Crippen molar-refractivity contribution >= 4 is 68.9 Å².